The first kappa shape index (κ1) is 29.8. The number of nitrogens with zero attached hydrogens (tertiary/aromatic N) is 6. The molecule has 2 bridgehead atoms. The van der Waals surface area contributed by atoms with Gasteiger partial charge in [-0.1, -0.05) is 12.0 Å². The zero-order valence-corrected chi connectivity index (χ0v) is 25.8. The molecular formula is C35H33F3N6O3. The second-order valence-electron chi connectivity index (χ2n) is 13.3. The van der Waals surface area contributed by atoms with E-state index in [0.717, 1.165) is 32.2 Å². The monoisotopic (exact) mass is 642 g/mol. The number of halogens is 3. The van der Waals surface area contributed by atoms with Crippen LogP contribution in [0, 0.1) is 24.0 Å². The van der Waals surface area contributed by atoms with Crippen LogP contribution in [0.25, 0.3) is 32.9 Å². The van der Waals surface area contributed by atoms with Crippen molar-refractivity contribution in [1.29, 1.82) is 0 Å². The summed E-state index contributed by atoms with van der Waals surface area (Å²) in [7, 11) is 0. The van der Waals surface area contributed by atoms with Gasteiger partial charge in [0.2, 0.25) is 5.91 Å². The van der Waals surface area contributed by atoms with E-state index in [2.05, 4.69) is 20.8 Å². The van der Waals surface area contributed by atoms with Crippen LogP contribution in [-0.2, 0) is 4.79 Å². The molecule has 4 atom stereocenters. The summed E-state index contributed by atoms with van der Waals surface area (Å²) >= 11 is 0. The lowest BCUT2D eigenvalue weighted by molar-refractivity contribution is -0.132. The fraction of sp³-hybridized carbons (Fsp3) is 0.429. The third kappa shape index (κ3) is 4.74. The van der Waals surface area contributed by atoms with Crippen molar-refractivity contribution in [1.82, 2.24) is 24.8 Å². The summed E-state index contributed by atoms with van der Waals surface area (Å²) in [6.07, 6.45) is 9.98. The van der Waals surface area contributed by atoms with Crippen LogP contribution >= 0.6 is 0 Å². The third-order valence-corrected chi connectivity index (χ3v) is 10.5. The lowest BCUT2D eigenvalue weighted by atomic mass is 9.95. The predicted molar refractivity (Wildman–Crippen MR) is 170 cm³/mol. The molecule has 242 valence electrons. The molecule has 0 aliphatic carbocycles. The number of aromatic nitrogens is 3. The lowest BCUT2D eigenvalue weighted by Crippen LogP contribution is -2.55. The van der Waals surface area contributed by atoms with E-state index < -0.39 is 23.3 Å². The first-order valence-corrected chi connectivity index (χ1v) is 16.0. The highest BCUT2D eigenvalue weighted by Gasteiger charge is 2.49. The maximum absolute atomic E-state index is 16.9. The number of aromatic hydroxyl groups is 1. The van der Waals surface area contributed by atoms with Crippen molar-refractivity contribution in [3.63, 3.8) is 0 Å². The number of carbonyl (C=O) groups is 1. The van der Waals surface area contributed by atoms with E-state index in [9.17, 15) is 18.7 Å². The Balaban J connectivity index is 1.27. The van der Waals surface area contributed by atoms with E-state index in [-0.39, 0.29) is 64.1 Å². The van der Waals surface area contributed by atoms with Gasteiger partial charge in [-0.15, -0.1) is 6.42 Å². The number of anilines is 1. The Morgan fingerprint density at radius 2 is 1.96 bits per heavy atom. The Hall–Kier alpha value is -4.63. The molecule has 1 N–H and O–H groups in total. The van der Waals surface area contributed by atoms with E-state index in [1.54, 1.807) is 6.92 Å². The number of phenols is 1. The number of fused-ring (bicyclic) bond motifs is 5. The van der Waals surface area contributed by atoms with Gasteiger partial charge < -0.3 is 19.6 Å². The van der Waals surface area contributed by atoms with Crippen molar-refractivity contribution in [3.05, 3.63) is 47.7 Å². The number of hydrogen-bond acceptors (Lipinski definition) is 8. The summed E-state index contributed by atoms with van der Waals surface area (Å²) in [4.78, 5) is 32.3. The maximum Gasteiger partial charge on any atom is 0.319 e. The normalized spacial score (nSPS) is 25.5. The summed E-state index contributed by atoms with van der Waals surface area (Å²) in [6.45, 7) is 3.87. The van der Waals surface area contributed by atoms with Crippen molar-refractivity contribution in [2.45, 2.75) is 62.8 Å². The van der Waals surface area contributed by atoms with Gasteiger partial charge >= 0.3 is 6.01 Å². The SMILES string of the molecule is C#Cc1c(F)ccc2cc(O)cc(-c3ncc4c(N5CC6CCC(C5)N6C(C)=O)nc(OC[C@@]56CCCN5C[C@H](F)C6)nc4c3F)c12. The van der Waals surface area contributed by atoms with E-state index in [1.165, 1.54) is 30.5 Å². The Labute approximate surface area is 269 Å². The van der Waals surface area contributed by atoms with Crippen LogP contribution in [0.1, 0.15) is 44.6 Å². The molecule has 0 saturated carbocycles. The molecule has 0 spiro atoms. The van der Waals surface area contributed by atoms with Gasteiger partial charge in [0.25, 0.3) is 0 Å². The first-order chi connectivity index (χ1) is 22.7. The second-order valence-corrected chi connectivity index (χ2v) is 13.3. The van der Waals surface area contributed by atoms with Gasteiger partial charge in [0.15, 0.2) is 5.82 Å². The van der Waals surface area contributed by atoms with E-state index in [4.69, 9.17) is 16.1 Å². The molecule has 2 unspecified atom stereocenters. The summed E-state index contributed by atoms with van der Waals surface area (Å²) < 4.78 is 52.4. The highest BCUT2D eigenvalue weighted by Crippen LogP contribution is 2.42. The topological polar surface area (TPSA) is 94.9 Å². The van der Waals surface area contributed by atoms with Gasteiger partial charge in [-0.25, -0.2) is 13.2 Å². The number of benzene rings is 2. The zero-order chi connectivity index (χ0) is 32.6. The van der Waals surface area contributed by atoms with Crippen LogP contribution in [0.3, 0.4) is 0 Å². The van der Waals surface area contributed by atoms with Gasteiger partial charge in [0.05, 0.1) is 16.5 Å². The largest absolute Gasteiger partial charge is 0.508 e. The molecule has 4 saturated heterocycles. The van der Waals surface area contributed by atoms with Gasteiger partial charge in [-0.2, -0.15) is 9.97 Å². The van der Waals surface area contributed by atoms with Crippen LogP contribution in [-0.4, -0.2) is 92.3 Å². The average Bonchev–Trinajstić information content (AvgIpc) is 3.66. The number of pyridine rings is 1. The summed E-state index contributed by atoms with van der Waals surface area (Å²) in [5, 5.41) is 11.5. The van der Waals surface area contributed by atoms with Crippen molar-refractivity contribution >= 4 is 33.4 Å². The van der Waals surface area contributed by atoms with Gasteiger partial charge in [0, 0.05) is 62.2 Å². The Kier molecular flexibility index (Phi) is 6.95. The van der Waals surface area contributed by atoms with E-state index >= 15 is 4.39 Å². The van der Waals surface area contributed by atoms with Crippen LogP contribution in [0.4, 0.5) is 19.0 Å². The quantitative estimate of drug-likeness (QED) is 0.306. The van der Waals surface area contributed by atoms with Crippen LogP contribution in [0.2, 0.25) is 0 Å². The fourth-order valence-electron chi connectivity index (χ4n) is 8.51. The molecule has 47 heavy (non-hydrogen) atoms. The van der Waals surface area contributed by atoms with Crippen LogP contribution < -0.4 is 9.64 Å². The highest BCUT2D eigenvalue weighted by atomic mass is 19.1. The van der Waals surface area contributed by atoms with Crippen molar-refractivity contribution in [3.8, 4) is 35.4 Å². The van der Waals surface area contributed by atoms with Gasteiger partial charge in [-0.3, -0.25) is 14.7 Å². The maximum atomic E-state index is 16.9. The van der Waals surface area contributed by atoms with E-state index in [0.29, 0.717) is 42.6 Å². The lowest BCUT2D eigenvalue weighted by Gasteiger charge is -2.41. The summed E-state index contributed by atoms with van der Waals surface area (Å²) in [6, 6.07) is 5.32. The molecule has 2 aromatic carbocycles. The first-order valence-electron chi connectivity index (χ1n) is 16.0. The Morgan fingerprint density at radius 3 is 2.70 bits per heavy atom. The number of carbonyl (C=O) groups excluding carboxylic acids is 1. The van der Waals surface area contributed by atoms with E-state index in [1.807, 2.05) is 9.80 Å². The highest BCUT2D eigenvalue weighted by molar-refractivity contribution is 6.03. The molecule has 6 heterocycles. The number of ether oxygens (including phenoxy) is 1. The molecular weight excluding hydrogens is 609 g/mol. The smallest absolute Gasteiger partial charge is 0.319 e. The summed E-state index contributed by atoms with van der Waals surface area (Å²) in [5.74, 6) is 1.17. The van der Waals surface area contributed by atoms with Gasteiger partial charge in [-0.05, 0) is 55.8 Å². The molecule has 4 aliphatic rings. The molecule has 9 nitrogen and oxygen atoms in total. The number of rotatable bonds is 5. The van der Waals surface area contributed by atoms with Gasteiger partial charge in [0.1, 0.15) is 41.4 Å². The molecule has 0 radical (unpaired) electrons. The van der Waals surface area contributed by atoms with Crippen molar-refractivity contribution < 1.29 is 27.8 Å². The summed E-state index contributed by atoms with van der Waals surface area (Å²) in [5.41, 5.74) is -0.671. The van der Waals surface area contributed by atoms with Crippen LogP contribution in [0.5, 0.6) is 11.8 Å². The number of phenolic OH excluding ortho intramolecular Hbond substituents is 1. The molecule has 4 fully saturated rings. The minimum absolute atomic E-state index is 0.0145. The van der Waals surface area contributed by atoms with Crippen LogP contribution in [0.15, 0.2) is 30.5 Å². The number of amides is 1. The number of alkyl halides is 1. The number of piperazine rings is 1. The molecule has 4 aliphatic heterocycles. The number of hydrogen-bond donors (Lipinski definition) is 1. The molecule has 8 rings (SSSR count). The van der Waals surface area contributed by atoms with Crippen molar-refractivity contribution in [2.75, 3.05) is 37.7 Å². The molecule has 4 aromatic rings. The van der Waals surface area contributed by atoms with Crippen molar-refractivity contribution in [2.24, 2.45) is 0 Å². The Bertz CT molecular complexity index is 1990. The minimum atomic E-state index is -0.944. The number of terminal acetylenes is 1. The standard InChI is InChI=1S/C35H33F3N6O3/c1-3-25-28(37)8-5-20-11-24(46)12-26(29(20)25)31-30(38)32-27(14-39-31)33(42-16-22-6-7-23(17-42)44(22)19(2)45)41-34(40-32)47-18-35-9-4-10-43(35)15-21(36)13-35/h1,5,8,11-12,14,21-23,46H,4,6-7,9-10,13,15-18H2,2H3/t21-,22?,23?,35+/m1/s1. The minimum Gasteiger partial charge on any atom is -0.508 e. The predicted octanol–water partition coefficient (Wildman–Crippen LogP) is 4.96. The molecule has 12 heteroatoms. The molecule has 1 amide bonds. The molecule has 2 aromatic heterocycles. The average molecular weight is 643 g/mol. The third-order valence-electron chi connectivity index (χ3n) is 10.5. The Morgan fingerprint density at radius 1 is 1.17 bits per heavy atom. The second kappa shape index (κ2) is 11.0. The zero-order valence-electron chi connectivity index (χ0n) is 25.8. The fourth-order valence-corrected chi connectivity index (χ4v) is 8.51.